The number of amides is 2. The van der Waals surface area contributed by atoms with E-state index >= 15 is 0 Å². The van der Waals surface area contributed by atoms with Gasteiger partial charge in [0.15, 0.2) is 0 Å². The zero-order chi connectivity index (χ0) is 18.9. The van der Waals surface area contributed by atoms with E-state index in [2.05, 4.69) is 5.32 Å². The lowest BCUT2D eigenvalue weighted by Gasteiger charge is -2.18. The van der Waals surface area contributed by atoms with E-state index in [1.165, 1.54) is 5.56 Å². The van der Waals surface area contributed by atoms with E-state index in [1.807, 2.05) is 56.3 Å². The summed E-state index contributed by atoms with van der Waals surface area (Å²) in [5, 5.41) is 2.80. The lowest BCUT2D eigenvalue weighted by atomic mass is 10.1. The molecule has 0 fully saturated rings. The molecule has 2 rings (SSSR count). The van der Waals surface area contributed by atoms with E-state index in [0.29, 0.717) is 25.3 Å². The lowest BCUT2D eigenvalue weighted by molar-refractivity contribution is -0.130. The number of hydrogen-bond acceptors (Lipinski definition) is 3. The van der Waals surface area contributed by atoms with Crippen molar-refractivity contribution in [1.29, 1.82) is 0 Å². The normalized spacial score (nSPS) is 10.3. The average Bonchev–Trinajstić information content (AvgIpc) is 2.63. The lowest BCUT2D eigenvalue weighted by Crippen LogP contribution is -2.34. The number of carbonyl (C=O) groups is 2. The summed E-state index contributed by atoms with van der Waals surface area (Å²) in [6, 6.07) is 15.2. The third kappa shape index (κ3) is 5.92. The van der Waals surface area contributed by atoms with Crippen LogP contribution in [0.25, 0.3) is 0 Å². The molecule has 0 spiro atoms. The highest BCUT2D eigenvalue weighted by atomic mass is 16.5. The fourth-order valence-corrected chi connectivity index (χ4v) is 2.46. The van der Waals surface area contributed by atoms with E-state index in [-0.39, 0.29) is 18.2 Å². The van der Waals surface area contributed by atoms with Crippen molar-refractivity contribution in [2.45, 2.75) is 20.3 Å². The molecule has 0 aromatic heterocycles. The van der Waals surface area contributed by atoms with Crippen LogP contribution in [0.15, 0.2) is 48.5 Å². The van der Waals surface area contributed by atoms with Crippen LogP contribution in [-0.2, 0) is 4.79 Å². The molecule has 5 nitrogen and oxygen atoms in total. The van der Waals surface area contributed by atoms with E-state index in [9.17, 15) is 9.59 Å². The Kier molecular flexibility index (Phi) is 7.21. The summed E-state index contributed by atoms with van der Waals surface area (Å²) in [4.78, 5) is 25.9. The van der Waals surface area contributed by atoms with Crippen LogP contribution in [0.4, 0.5) is 0 Å². The second-order valence-corrected chi connectivity index (χ2v) is 6.30. The van der Waals surface area contributed by atoms with Gasteiger partial charge in [-0.2, -0.15) is 0 Å². The molecule has 0 radical (unpaired) electrons. The Morgan fingerprint density at radius 2 is 1.73 bits per heavy atom. The first-order valence-corrected chi connectivity index (χ1v) is 8.74. The molecule has 2 aromatic carbocycles. The molecule has 0 atom stereocenters. The Morgan fingerprint density at radius 3 is 2.42 bits per heavy atom. The van der Waals surface area contributed by atoms with Crippen molar-refractivity contribution in [3.63, 3.8) is 0 Å². The minimum absolute atomic E-state index is 0.0254. The molecule has 5 heteroatoms. The minimum Gasteiger partial charge on any atom is -0.492 e. The number of carbonyl (C=O) groups excluding carboxylic acids is 2. The van der Waals surface area contributed by atoms with Gasteiger partial charge in [0.25, 0.3) is 5.91 Å². The maximum Gasteiger partial charge on any atom is 0.251 e. The topological polar surface area (TPSA) is 58.6 Å². The fraction of sp³-hybridized carbons (Fsp3) is 0.333. The highest BCUT2D eigenvalue weighted by Gasteiger charge is 2.11. The molecule has 26 heavy (non-hydrogen) atoms. The van der Waals surface area contributed by atoms with Crippen LogP contribution in [0.2, 0.25) is 0 Å². The number of hydrogen-bond donors (Lipinski definition) is 1. The van der Waals surface area contributed by atoms with Gasteiger partial charge in [-0.1, -0.05) is 35.9 Å². The molecule has 0 bridgehead atoms. The standard InChI is InChI=1S/C21H26N2O3/c1-16-8-10-18(11-9-16)26-15-14-23(3)20(24)12-13-22-21(25)19-7-5-4-6-17(19)2/h4-11H,12-15H2,1-3H3,(H,22,25). The summed E-state index contributed by atoms with van der Waals surface area (Å²) >= 11 is 0. The maximum atomic E-state index is 12.1. The first kappa shape index (κ1) is 19.5. The summed E-state index contributed by atoms with van der Waals surface area (Å²) in [5.41, 5.74) is 2.74. The second-order valence-electron chi connectivity index (χ2n) is 6.30. The van der Waals surface area contributed by atoms with Gasteiger partial charge in [-0.15, -0.1) is 0 Å². The van der Waals surface area contributed by atoms with Crippen LogP contribution in [0, 0.1) is 13.8 Å². The molecule has 1 N–H and O–H groups in total. The average molecular weight is 354 g/mol. The molecule has 0 aliphatic carbocycles. The first-order valence-electron chi connectivity index (χ1n) is 8.74. The Bertz CT molecular complexity index is 741. The summed E-state index contributed by atoms with van der Waals surface area (Å²) in [5.74, 6) is 0.616. The van der Waals surface area contributed by atoms with Gasteiger partial charge < -0.3 is 15.0 Å². The summed E-state index contributed by atoms with van der Waals surface area (Å²) in [7, 11) is 1.74. The molecular formula is C21H26N2O3. The van der Waals surface area contributed by atoms with E-state index < -0.39 is 0 Å². The highest BCUT2D eigenvalue weighted by molar-refractivity contribution is 5.95. The number of ether oxygens (including phenoxy) is 1. The van der Waals surface area contributed by atoms with Crippen molar-refractivity contribution >= 4 is 11.8 Å². The monoisotopic (exact) mass is 354 g/mol. The number of likely N-dealkylation sites (N-methyl/N-ethyl adjacent to an activating group) is 1. The van der Waals surface area contributed by atoms with Crippen LogP contribution in [0.5, 0.6) is 5.75 Å². The van der Waals surface area contributed by atoms with Crippen LogP contribution in [0.3, 0.4) is 0 Å². The largest absolute Gasteiger partial charge is 0.492 e. The molecule has 2 aromatic rings. The van der Waals surface area contributed by atoms with E-state index in [1.54, 1.807) is 18.0 Å². The van der Waals surface area contributed by atoms with Gasteiger partial charge in [-0.3, -0.25) is 9.59 Å². The van der Waals surface area contributed by atoms with Crippen molar-refractivity contribution in [3.05, 3.63) is 65.2 Å². The molecule has 0 unspecified atom stereocenters. The Balaban J connectivity index is 1.67. The number of benzene rings is 2. The second kappa shape index (κ2) is 9.61. The highest BCUT2D eigenvalue weighted by Crippen LogP contribution is 2.11. The predicted molar refractivity (Wildman–Crippen MR) is 102 cm³/mol. The summed E-state index contributed by atoms with van der Waals surface area (Å²) in [6.07, 6.45) is 0.263. The van der Waals surface area contributed by atoms with Crippen molar-refractivity contribution in [1.82, 2.24) is 10.2 Å². The summed E-state index contributed by atoms with van der Waals surface area (Å²) < 4.78 is 5.63. The van der Waals surface area contributed by atoms with Crippen LogP contribution in [-0.4, -0.2) is 43.5 Å². The Morgan fingerprint density at radius 1 is 1.04 bits per heavy atom. The van der Waals surface area contributed by atoms with E-state index in [0.717, 1.165) is 11.3 Å². The molecular weight excluding hydrogens is 328 g/mol. The zero-order valence-corrected chi connectivity index (χ0v) is 15.6. The van der Waals surface area contributed by atoms with Crippen molar-refractivity contribution in [2.24, 2.45) is 0 Å². The third-order valence-corrected chi connectivity index (χ3v) is 4.16. The van der Waals surface area contributed by atoms with Gasteiger partial charge in [0, 0.05) is 25.6 Å². The predicted octanol–water partition coefficient (Wildman–Crippen LogP) is 2.96. The van der Waals surface area contributed by atoms with E-state index in [4.69, 9.17) is 4.74 Å². The SMILES string of the molecule is Cc1ccc(OCCN(C)C(=O)CCNC(=O)c2ccccc2C)cc1. The van der Waals surface area contributed by atoms with Gasteiger partial charge >= 0.3 is 0 Å². The van der Waals surface area contributed by atoms with Gasteiger partial charge in [0.1, 0.15) is 12.4 Å². The smallest absolute Gasteiger partial charge is 0.251 e. The number of nitrogens with zero attached hydrogens (tertiary/aromatic N) is 1. The molecule has 2 amide bonds. The fourth-order valence-electron chi connectivity index (χ4n) is 2.46. The van der Waals surface area contributed by atoms with Crippen molar-refractivity contribution < 1.29 is 14.3 Å². The van der Waals surface area contributed by atoms with Crippen LogP contribution in [0.1, 0.15) is 27.9 Å². The quantitative estimate of drug-likeness (QED) is 0.793. The number of nitrogens with one attached hydrogen (secondary N) is 1. The number of aryl methyl sites for hydroxylation is 2. The van der Waals surface area contributed by atoms with Crippen LogP contribution >= 0.6 is 0 Å². The molecule has 0 saturated carbocycles. The third-order valence-electron chi connectivity index (χ3n) is 4.16. The van der Waals surface area contributed by atoms with Gasteiger partial charge in [-0.05, 0) is 37.6 Å². The molecule has 0 aliphatic rings. The Hall–Kier alpha value is -2.82. The molecule has 0 saturated heterocycles. The van der Waals surface area contributed by atoms with Crippen LogP contribution < -0.4 is 10.1 Å². The first-order chi connectivity index (χ1) is 12.5. The van der Waals surface area contributed by atoms with Gasteiger partial charge in [0.05, 0.1) is 6.54 Å². The summed E-state index contributed by atoms with van der Waals surface area (Å²) in [6.45, 7) is 5.16. The van der Waals surface area contributed by atoms with Crippen molar-refractivity contribution in [3.8, 4) is 5.75 Å². The van der Waals surface area contributed by atoms with Gasteiger partial charge in [-0.25, -0.2) is 0 Å². The Labute approximate surface area is 155 Å². The molecule has 138 valence electrons. The maximum absolute atomic E-state index is 12.1. The molecule has 0 heterocycles. The zero-order valence-electron chi connectivity index (χ0n) is 15.6. The van der Waals surface area contributed by atoms with Crippen molar-refractivity contribution in [2.75, 3.05) is 26.7 Å². The van der Waals surface area contributed by atoms with Gasteiger partial charge in [0.2, 0.25) is 5.91 Å². The molecule has 0 aliphatic heterocycles. The minimum atomic E-state index is -0.152. The number of rotatable bonds is 8.